The Labute approximate surface area is 203 Å². The summed E-state index contributed by atoms with van der Waals surface area (Å²) in [6.07, 6.45) is 1.74. The summed E-state index contributed by atoms with van der Waals surface area (Å²) in [5.41, 5.74) is 2.08. The number of furan rings is 1. The van der Waals surface area contributed by atoms with Gasteiger partial charge in [-0.1, -0.05) is 33.6 Å². The zero-order valence-corrected chi connectivity index (χ0v) is 19.7. The zero-order chi connectivity index (χ0) is 22.2. The van der Waals surface area contributed by atoms with Crippen LogP contribution in [-0.4, -0.2) is 10.1 Å². The van der Waals surface area contributed by atoms with Gasteiger partial charge < -0.3 is 14.6 Å². The topological polar surface area (TPSA) is 41.3 Å². The molecule has 8 heteroatoms. The number of hydrogen-bond donors (Lipinski definition) is 1. The van der Waals surface area contributed by atoms with E-state index in [9.17, 15) is 4.39 Å². The molecule has 1 aliphatic heterocycles. The van der Waals surface area contributed by atoms with Crippen molar-refractivity contribution in [1.82, 2.24) is 10.3 Å². The summed E-state index contributed by atoms with van der Waals surface area (Å²) >= 11 is 15.1. The molecule has 0 bridgehead atoms. The Hall–Kier alpha value is -2.74. The zero-order valence-electron chi connectivity index (χ0n) is 16.5. The molecule has 4 nitrogen and oxygen atoms in total. The third-order valence-electron chi connectivity index (χ3n) is 5.32. The molecule has 0 saturated carbocycles. The fraction of sp³-hybridized carbons (Fsp3) is 0.0833. The summed E-state index contributed by atoms with van der Waals surface area (Å²) in [5.74, 6) is 0.718. The minimum Gasteiger partial charge on any atom is -0.459 e. The molecule has 1 N–H and O–H groups in total. The number of pyridine rings is 1. The molecule has 1 saturated heterocycles. The molecule has 0 unspecified atom stereocenters. The van der Waals surface area contributed by atoms with Gasteiger partial charge >= 0.3 is 0 Å². The minimum absolute atomic E-state index is 0.256. The van der Waals surface area contributed by atoms with Crippen LogP contribution in [0.4, 0.5) is 10.1 Å². The first-order chi connectivity index (χ1) is 15.5. The minimum atomic E-state index is -0.365. The Kier molecular flexibility index (Phi) is 5.71. The molecular weight excluding hydrogens is 513 g/mol. The maximum absolute atomic E-state index is 14.5. The largest absolute Gasteiger partial charge is 0.459 e. The highest BCUT2D eigenvalue weighted by Gasteiger charge is 2.42. The van der Waals surface area contributed by atoms with Gasteiger partial charge in [0.25, 0.3) is 0 Å². The normalized spacial score (nSPS) is 18.1. The van der Waals surface area contributed by atoms with Gasteiger partial charge in [0, 0.05) is 21.4 Å². The molecule has 5 rings (SSSR count). The van der Waals surface area contributed by atoms with Gasteiger partial charge in [-0.2, -0.15) is 0 Å². The van der Waals surface area contributed by atoms with Crippen molar-refractivity contribution in [3.05, 3.63) is 106 Å². The highest BCUT2D eigenvalue weighted by Crippen LogP contribution is 2.43. The summed E-state index contributed by atoms with van der Waals surface area (Å²) in [4.78, 5) is 6.50. The Morgan fingerprint density at radius 2 is 1.88 bits per heavy atom. The first-order valence-electron chi connectivity index (χ1n) is 9.82. The molecule has 2 aromatic heterocycles. The van der Waals surface area contributed by atoms with Crippen LogP contribution in [0.5, 0.6) is 0 Å². The van der Waals surface area contributed by atoms with Crippen LogP contribution < -0.4 is 10.2 Å². The van der Waals surface area contributed by atoms with E-state index in [1.54, 1.807) is 24.4 Å². The number of benzene rings is 2. The first kappa shape index (κ1) is 21.1. The van der Waals surface area contributed by atoms with Crippen LogP contribution in [0.25, 0.3) is 11.3 Å². The lowest BCUT2D eigenvalue weighted by Gasteiger charge is -2.26. The van der Waals surface area contributed by atoms with Crippen molar-refractivity contribution >= 4 is 50.5 Å². The maximum atomic E-state index is 14.5. The fourth-order valence-corrected chi connectivity index (χ4v) is 4.67. The molecule has 32 heavy (non-hydrogen) atoms. The highest BCUT2D eigenvalue weighted by atomic mass is 79.9. The lowest BCUT2D eigenvalue weighted by Crippen LogP contribution is -2.29. The molecule has 1 aliphatic rings. The third-order valence-corrected chi connectivity index (χ3v) is 6.38. The van der Waals surface area contributed by atoms with Crippen molar-refractivity contribution in [2.75, 3.05) is 4.90 Å². The third kappa shape index (κ3) is 3.92. The van der Waals surface area contributed by atoms with Crippen molar-refractivity contribution in [3.8, 4) is 11.3 Å². The smallest absolute Gasteiger partial charge is 0.174 e. The Bertz CT molecular complexity index is 1280. The lowest BCUT2D eigenvalue weighted by molar-refractivity contribution is 0.438. The number of halogens is 3. The van der Waals surface area contributed by atoms with Gasteiger partial charge in [-0.3, -0.25) is 4.98 Å². The van der Waals surface area contributed by atoms with Gasteiger partial charge in [0.2, 0.25) is 0 Å². The number of rotatable bonds is 4. The Balaban J connectivity index is 1.60. The van der Waals surface area contributed by atoms with E-state index in [0.717, 1.165) is 11.4 Å². The van der Waals surface area contributed by atoms with Gasteiger partial charge in [-0.05, 0) is 78.9 Å². The molecule has 0 aliphatic carbocycles. The summed E-state index contributed by atoms with van der Waals surface area (Å²) in [5, 5.41) is 4.55. The Morgan fingerprint density at radius 1 is 1.06 bits per heavy atom. The van der Waals surface area contributed by atoms with Crippen LogP contribution in [0.1, 0.15) is 23.5 Å². The van der Waals surface area contributed by atoms with Crippen LogP contribution in [0, 0.1) is 5.82 Å². The number of nitrogens with one attached hydrogen (secondary N) is 1. The molecule has 2 aromatic carbocycles. The summed E-state index contributed by atoms with van der Waals surface area (Å²) < 4.78 is 21.4. The standard InChI is InChI=1S/C24H16BrClFN3OS/c25-14-4-9-17(18(27)13-14)20-10-11-21(31-20)23-22(19-3-1-2-12-28-19)29-24(32)30(23)16-7-5-15(26)6-8-16/h1-13,22-23H,(H,29,32)/t22-,23-/m1/s1. The van der Waals surface area contributed by atoms with Gasteiger partial charge in [-0.15, -0.1) is 0 Å². The molecule has 1 fully saturated rings. The van der Waals surface area contributed by atoms with Crippen molar-refractivity contribution in [1.29, 1.82) is 0 Å². The average Bonchev–Trinajstić information content (AvgIpc) is 3.39. The van der Waals surface area contributed by atoms with Crippen LogP contribution in [0.2, 0.25) is 5.02 Å². The van der Waals surface area contributed by atoms with Crippen LogP contribution in [0.15, 0.2) is 87.9 Å². The number of aromatic nitrogens is 1. The second-order valence-electron chi connectivity index (χ2n) is 7.30. The van der Waals surface area contributed by atoms with Crippen LogP contribution in [0.3, 0.4) is 0 Å². The Morgan fingerprint density at radius 3 is 2.59 bits per heavy atom. The quantitative estimate of drug-likeness (QED) is 0.287. The first-order valence-corrected chi connectivity index (χ1v) is 11.4. The second kappa shape index (κ2) is 8.65. The molecule has 0 radical (unpaired) electrons. The molecule has 0 amide bonds. The van der Waals surface area contributed by atoms with E-state index < -0.39 is 0 Å². The fourth-order valence-electron chi connectivity index (χ4n) is 3.87. The van der Waals surface area contributed by atoms with E-state index in [1.807, 2.05) is 53.4 Å². The summed E-state index contributed by atoms with van der Waals surface area (Å²) in [7, 11) is 0. The summed E-state index contributed by atoms with van der Waals surface area (Å²) in [6, 6.07) is 21.1. The summed E-state index contributed by atoms with van der Waals surface area (Å²) in [6.45, 7) is 0. The highest BCUT2D eigenvalue weighted by molar-refractivity contribution is 9.10. The molecule has 160 valence electrons. The van der Waals surface area contributed by atoms with Crippen molar-refractivity contribution in [2.24, 2.45) is 0 Å². The molecule has 3 heterocycles. The van der Waals surface area contributed by atoms with E-state index >= 15 is 0 Å². The predicted octanol–water partition coefficient (Wildman–Crippen LogP) is 7.07. The van der Waals surface area contributed by atoms with Gasteiger partial charge in [-0.25, -0.2) is 4.39 Å². The van der Waals surface area contributed by atoms with Gasteiger partial charge in [0.15, 0.2) is 5.11 Å². The van der Waals surface area contributed by atoms with E-state index in [1.165, 1.54) is 6.07 Å². The maximum Gasteiger partial charge on any atom is 0.174 e. The molecule has 2 atom stereocenters. The van der Waals surface area contributed by atoms with Gasteiger partial charge in [0.1, 0.15) is 23.4 Å². The monoisotopic (exact) mass is 527 g/mol. The van der Waals surface area contributed by atoms with E-state index in [2.05, 4.69) is 26.2 Å². The average molecular weight is 529 g/mol. The second-order valence-corrected chi connectivity index (χ2v) is 9.04. The molecule has 4 aromatic rings. The van der Waals surface area contributed by atoms with E-state index in [-0.39, 0.29) is 17.9 Å². The number of anilines is 1. The van der Waals surface area contributed by atoms with E-state index in [0.29, 0.717) is 31.7 Å². The number of nitrogens with zero attached hydrogens (tertiary/aromatic N) is 2. The molecular formula is C24H16BrClFN3OS. The molecule has 0 spiro atoms. The van der Waals surface area contributed by atoms with Crippen LogP contribution in [-0.2, 0) is 0 Å². The number of hydrogen-bond acceptors (Lipinski definition) is 3. The number of thiocarbonyl (C=S) groups is 1. The lowest BCUT2D eigenvalue weighted by atomic mass is 10.0. The van der Waals surface area contributed by atoms with E-state index in [4.69, 9.17) is 28.2 Å². The SMILES string of the molecule is Fc1cc(Br)ccc1-c1ccc([C@@H]2[C@@H](c3ccccn3)NC(=S)N2c2ccc(Cl)cc2)o1. The van der Waals surface area contributed by atoms with Crippen molar-refractivity contribution in [3.63, 3.8) is 0 Å². The van der Waals surface area contributed by atoms with Crippen LogP contribution >= 0.6 is 39.7 Å². The van der Waals surface area contributed by atoms with Gasteiger partial charge in [0.05, 0.1) is 17.3 Å². The predicted molar refractivity (Wildman–Crippen MR) is 131 cm³/mol. The van der Waals surface area contributed by atoms with Crippen molar-refractivity contribution < 1.29 is 8.81 Å². The van der Waals surface area contributed by atoms with Crippen molar-refractivity contribution in [2.45, 2.75) is 12.1 Å².